The van der Waals surface area contributed by atoms with Crippen LogP contribution >= 0.6 is 22.6 Å². The summed E-state index contributed by atoms with van der Waals surface area (Å²) in [7, 11) is -1.95. The Morgan fingerprint density at radius 2 is 1.96 bits per heavy atom. The van der Waals surface area contributed by atoms with Gasteiger partial charge < -0.3 is 4.74 Å². The molecule has 0 unspecified atom stereocenters. The molecule has 4 atom stereocenters. The Labute approximate surface area is 174 Å². The fourth-order valence-electron chi connectivity index (χ4n) is 4.63. The van der Waals surface area contributed by atoms with Crippen LogP contribution in [0, 0.1) is 9.49 Å². The number of rotatable bonds is 7. The quantitative estimate of drug-likeness (QED) is 0.245. The molecule has 0 aromatic heterocycles. The third-order valence-corrected chi connectivity index (χ3v) is 7.01. The van der Waals surface area contributed by atoms with Gasteiger partial charge in [-0.25, -0.2) is 0 Å². The first kappa shape index (κ1) is 21.0. The van der Waals surface area contributed by atoms with Crippen LogP contribution in [0.5, 0.6) is 0 Å². The number of piperidine rings is 1. The summed E-state index contributed by atoms with van der Waals surface area (Å²) in [6.07, 6.45) is 4.65. The molecule has 0 aliphatic carbocycles. The monoisotopic (exact) mass is 507 g/mol. The molecule has 0 radical (unpaired) electrons. The first-order valence-corrected chi connectivity index (χ1v) is 12.1. The molecule has 6 nitrogen and oxygen atoms in total. The lowest BCUT2D eigenvalue weighted by molar-refractivity contribution is -0.150. The molecule has 1 aromatic rings. The summed E-state index contributed by atoms with van der Waals surface area (Å²) in [6, 6.07) is 8.97. The van der Waals surface area contributed by atoms with E-state index < -0.39 is 10.1 Å². The highest BCUT2D eigenvalue weighted by molar-refractivity contribution is 14.1. The zero-order valence-corrected chi connectivity index (χ0v) is 18.6. The first-order chi connectivity index (χ1) is 12.8. The molecule has 0 saturated carbocycles. The molecule has 1 aromatic carbocycles. The molecule has 2 bridgehead atoms. The molecular formula is C19H26INO5S. The summed E-state index contributed by atoms with van der Waals surface area (Å²) in [5, 5.41) is 0. The highest BCUT2D eigenvalue weighted by Crippen LogP contribution is 2.47. The number of carbonyl (C=O) groups is 1. The van der Waals surface area contributed by atoms with Gasteiger partial charge in [0, 0.05) is 28.1 Å². The second-order valence-corrected chi connectivity index (χ2v) is 10.2. The topological polar surface area (TPSA) is 72.9 Å². The molecule has 0 amide bonds. The number of methoxy groups -OCH3 is 1. The molecular weight excluding hydrogens is 481 g/mol. The van der Waals surface area contributed by atoms with Crippen molar-refractivity contribution in [3.63, 3.8) is 0 Å². The number of halogens is 1. The molecule has 2 aliphatic heterocycles. The Kier molecular flexibility index (Phi) is 6.81. The largest absolute Gasteiger partial charge is 0.469 e. The van der Waals surface area contributed by atoms with Crippen LogP contribution in [0.3, 0.4) is 0 Å². The molecule has 2 heterocycles. The Morgan fingerprint density at radius 1 is 1.26 bits per heavy atom. The molecule has 3 rings (SSSR count). The van der Waals surface area contributed by atoms with Crippen molar-refractivity contribution in [3.8, 4) is 0 Å². The molecule has 150 valence electrons. The van der Waals surface area contributed by atoms with Crippen LogP contribution in [0.1, 0.15) is 37.2 Å². The Balaban J connectivity index is 1.74. The third kappa shape index (κ3) is 5.02. The number of fused-ring (bicyclic) bond motifs is 2. The van der Waals surface area contributed by atoms with Gasteiger partial charge in [0.25, 0.3) is 10.1 Å². The van der Waals surface area contributed by atoms with Gasteiger partial charge in [-0.05, 0) is 66.0 Å². The number of benzene rings is 1. The SMILES string of the molecule is COC(=O)[C@H]1[C@@H](c2ccc(I)cc2)C[C@@H]2CC[C@H]1N2CCCOS(C)(=O)=O. The highest BCUT2D eigenvalue weighted by Gasteiger charge is 2.50. The van der Waals surface area contributed by atoms with E-state index in [0.717, 1.165) is 32.1 Å². The van der Waals surface area contributed by atoms with Gasteiger partial charge in [-0.1, -0.05) is 12.1 Å². The van der Waals surface area contributed by atoms with Crippen molar-refractivity contribution in [2.45, 2.75) is 43.7 Å². The lowest BCUT2D eigenvalue weighted by Gasteiger charge is -2.43. The van der Waals surface area contributed by atoms with E-state index in [4.69, 9.17) is 8.92 Å². The van der Waals surface area contributed by atoms with Gasteiger partial charge in [0.05, 0.1) is 25.9 Å². The van der Waals surface area contributed by atoms with Crippen LogP contribution in [0.2, 0.25) is 0 Å². The lowest BCUT2D eigenvalue weighted by atomic mass is 9.76. The van der Waals surface area contributed by atoms with E-state index in [1.165, 1.54) is 16.2 Å². The Morgan fingerprint density at radius 3 is 2.59 bits per heavy atom. The van der Waals surface area contributed by atoms with Gasteiger partial charge in [-0.2, -0.15) is 8.42 Å². The average Bonchev–Trinajstić information content (AvgIpc) is 2.89. The van der Waals surface area contributed by atoms with Gasteiger partial charge in [0.2, 0.25) is 0 Å². The van der Waals surface area contributed by atoms with E-state index in [2.05, 4.69) is 51.8 Å². The normalized spacial score (nSPS) is 28.3. The number of hydrogen-bond acceptors (Lipinski definition) is 6. The van der Waals surface area contributed by atoms with Crippen molar-refractivity contribution in [1.29, 1.82) is 0 Å². The van der Waals surface area contributed by atoms with E-state index in [-0.39, 0.29) is 30.5 Å². The van der Waals surface area contributed by atoms with Gasteiger partial charge in [0.15, 0.2) is 0 Å². The van der Waals surface area contributed by atoms with Gasteiger partial charge in [-0.3, -0.25) is 13.9 Å². The molecule has 27 heavy (non-hydrogen) atoms. The van der Waals surface area contributed by atoms with Crippen molar-refractivity contribution in [2.75, 3.05) is 26.5 Å². The van der Waals surface area contributed by atoms with Crippen molar-refractivity contribution < 1.29 is 22.1 Å². The van der Waals surface area contributed by atoms with Crippen molar-refractivity contribution in [3.05, 3.63) is 33.4 Å². The Hall–Kier alpha value is -0.710. The number of esters is 1. The van der Waals surface area contributed by atoms with E-state index in [9.17, 15) is 13.2 Å². The van der Waals surface area contributed by atoms with Crippen LogP contribution in [-0.2, 0) is 23.8 Å². The summed E-state index contributed by atoms with van der Waals surface area (Å²) >= 11 is 2.29. The second kappa shape index (κ2) is 8.75. The smallest absolute Gasteiger partial charge is 0.310 e. The fraction of sp³-hybridized carbons (Fsp3) is 0.632. The molecule has 0 N–H and O–H groups in total. The van der Waals surface area contributed by atoms with Crippen molar-refractivity contribution in [2.24, 2.45) is 5.92 Å². The third-order valence-electron chi connectivity index (χ3n) is 5.69. The molecule has 0 spiro atoms. The van der Waals surface area contributed by atoms with E-state index >= 15 is 0 Å². The minimum Gasteiger partial charge on any atom is -0.469 e. The van der Waals surface area contributed by atoms with Gasteiger partial charge in [0.1, 0.15) is 0 Å². The van der Waals surface area contributed by atoms with Gasteiger partial charge >= 0.3 is 5.97 Å². The predicted molar refractivity (Wildman–Crippen MR) is 111 cm³/mol. The number of hydrogen-bond donors (Lipinski definition) is 0. The minimum absolute atomic E-state index is 0.138. The highest BCUT2D eigenvalue weighted by atomic mass is 127. The summed E-state index contributed by atoms with van der Waals surface area (Å²) in [5.41, 5.74) is 1.20. The first-order valence-electron chi connectivity index (χ1n) is 9.23. The summed E-state index contributed by atoms with van der Waals surface area (Å²) in [4.78, 5) is 15.0. The van der Waals surface area contributed by atoms with E-state index in [0.29, 0.717) is 12.5 Å². The molecule has 2 fully saturated rings. The fourth-order valence-corrected chi connectivity index (χ4v) is 5.41. The van der Waals surface area contributed by atoms with Crippen LogP contribution in [0.25, 0.3) is 0 Å². The zero-order valence-electron chi connectivity index (χ0n) is 15.6. The second-order valence-electron chi connectivity index (χ2n) is 7.36. The number of carbonyl (C=O) groups excluding carboxylic acids is 1. The van der Waals surface area contributed by atoms with Crippen LogP contribution < -0.4 is 0 Å². The van der Waals surface area contributed by atoms with Crippen LogP contribution in [0.15, 0.2) is 24.3 Å². The maximum absolute atomic E-state index is 12.7. The average molecular weight is 507 g/mol. The Bertz CT molecular complexity index is 767. The predicted octanol–water partition coefficient (Wildman–Crippen LogP) is 2.77. The summed E-state index contributed by atoms with van der Waals surface area (Å²) in [5.74, 6) is -0.179. The number of nitrogens with zero attached hydrogens (tertiary/aromatic N) is 1. The van der Waals surface area contributed by atoms with Crippen molar-refractivity contribution in [1.82, 2.24) is 4.90 Å². The molecule has 2 saturated heterocycles. The van der Waals surface area contributed by atoms with E-state index in [1.807, 2.05) is 0 Å². The van der Waals surface area contributed by atoms with Crippen molar-refractivity contribution >= 4 is 38.7 Å². The standard InChI is InChI=1S/C19H26INO5S/c1-25-19(22)18-16(13-4-6-14(20)7-5-13)12-15-8-9-17(18)21(15)10-3-11-26-27(2,23)24/h4-7,15-18H,3,8-12H2,1-2H3/t15-,16+,17+,18-/m0/s1. The minimum atomic E-state index is -3.41. The summed E-state index contributed by atoms with van der Waals surface area (Å²) < 4.78 is 33.5. The molecule has 2 aliphatic rings. The van der Waals surface area contributed by atoms with E-state index in [1.54, 1.807) is 0 Å². The summed E-state index contributed by atoms with van der Waals surface area (Å²) in [6.45, 7) is 0.913. The zero-order chi connectivity index (χ0) is 19.6. The van der Waals surface area contributed by atoms with Gasteiger partial charge in [-0.15, -0.1) is 0 Å². The maximum Gasteiger partial charge on any atom is 0.310 e. The van der Waals surface area contributed by atoms with Crippen LogP contribution in [-0.4, -0.2) is 57.9 Å². The lowest BCUT2D eigenvalue weighted by Crippen LogP contribution is -2.51. The number of ether oxygens (including phenoxy) is 1. The van der Waals surface area contributed by atoms with Crippen LogP contribution in [0.4, 0.5) is 0 Å². The maximum atomic E-state index is 12.7. The molecule has 8 heteroatoms.